The first-order valence-electron chi connectivity index (χ1n) is 8.44. The van der Waals surface area contributed by atoms with Crippen molar-refractivity contribution in [1.82, 2.24) is 5.32 Å². The maximum atomic E-state index is 12.2. The van der Waals surface area contributed by atoms with Crippen LogP contribution in [0.25, 0.3) is 0 Å². The SMILES string of the molecule is CC(C)CC(=O)Nc1cccc(CNC(=O)c2ccc(CN)cc2)c1. The Labute approximate surface area is 148 Å². The van der Waals surface area contributed by atoms with E-state index in [4.69, 9.17) is 5.73 Å². The van der Waals surface area contributed by atoms with Crippen LogP contribution in [-0.4, -0.2) is 11.8 Å². The minimum absolute atomic E-state index is 0.00354. The largest absolute Gasteiger partial charge is 0.348 e. The van der Waals surface area contributed by atoms with E-state index in [0.29, 0.717) is 31.0 Å². The molecule has 2 rings (SSSR count). The molecular weight excluding hydrogens is 314 g/mol. The summed E-state index contributed by atoms with van der Waals surface area (Å²) >= 11 is 0. The van der Waals surface area contributed by atoms with Crippen LogP contribution in [-0.2, 0) is 17.9 Å². The molecule has 4 N–H and O–H groups in total. The fourth-order valence-corrected chi connectivity index (χ4v) is 2.42. The first-order valence-corrected chi connectivity index (χ1v) is 8.44. The average Bonchev–Trinajstić information content (AvgIpc) is 2.59. The summed E-state index contributed by atoms with van der Waals surface area (Å²) in [7, 11) is 0. The number of benzene rings is 2. The van der Waals surface area contributed by atoms with Crippen LogP contribution in [0.1, 0.15) is 41.8 Å². The molecular formula is C20H25N3O2. The summed E-state index contributed by atoms with van der Waals surface area (Å²) in [6.07, 6.45) is 0.486. The van der Waals surface area contributed by atoms with Crippen LogP contribution >= 0.6 is 0 Å². The van der Waals surface area contributed by atoms with E-state index in [-0.39, 0.29) is 11.8 Å². The summed E-state index contributed by atoms with van der Waals surface area (Å²) in [6.45, 7) is 4.86. The van der Waals surface area contributed by atoms with E-state index in [9.17, 15) is 9.59 Å². The molecule has 0 bridgehead atoms. The highest BCUT2D eigenvalue weighted by molar-refractivity contribution is 5.94. The number of nitrogens with one attached hydrogen (secondary N) is 2. The summed E-state index contributed by atoms with van der Waals surface area (Å²) in [6, 6.07) is 14.7. The average molecular weight is 339 g/mol. The second kappa shape index (κ2) is 8.99. The van der Waals surface area contributed by atoms with Crippen molar-refractivity contribution in [3.63, 3.8) is 0 Å². The van der Waals surface area contributed by atoms with Crippen LogP contribution in [0, 0.1) is 5.92 Å². The van der Waals surface area contributed by atoms with Gasteiger partial charge in [0, 0.05) is 30.8 Å². The van der Waals surface area contributed by atoms with Gasteiger partial charge in [-0.05, 0) is 41.3 Å². The second-order valence-electron chi connectivity index (χ2n) is 6.43. The Kier molecular flexibility index (Phi) is 6.71. The lowest BCUT2D eigenvalue weighted by molar-refractivity contribution is -0.116. The molecule has 5 nitrogen and oxygen atoms in total. The van der Waals surface area contributed by atoms with Crippen LogP contribution in [0.5, 0.6) is 0 Å². The van der Waals surface area contributed by atoms with Gasteiger partial charge in [-0.1, -0.05) is 38.1 Å². The minimum atomic E-state index is -0.141. The van der Waals surface area contributed by atoms with Crippen LogP contribution < -0.4 is 16.4 Å². The first kappa shape index (κ1) is 18.7. The number of nitrogens with two attached hydrogens (primary N) is 1. The molecule has 2 aromatic carbocycles. The summed E-state index contributed by atoms with van der Waals surface area (Å²) in [5.74, 6) is 0.169. The third kappa shape index (κ3) is 6.04. The highest BCUT2D eigenvalue weighted by atomic mass is 16.2. The van der Waals surface area contributed by atoms with Gasteiger partial charge in [-0.2, -0.15) is 0 Å². The molecule has 0 aliphatic heterocycles. The van der Waals surface area contributed by atoms with E-state index < -0.39 is 0 Å². The number of hydrogen-bond donors (Lipinski definition) is 3. The Morgan fingerprint density at radius 2 is 1.76 bits per heavy atom. The van der Waals surface area contributed by atoms with Gasteiger partial charge in [0.05, 0.1) is 0 Å². The van der Waals surface area contributed by atoms with Gasteiger partial charge >= 0.3 is 0 Å². The minimum Gasteiger partial charge on any atom is -0.348 e. The van der Waals surface area contributed by atoms with Crippen molar-refractivity contribution in [3.8, 4) is 0 Å². The zero-order valence-corrected chi connectivity index (χ0v) is 14.7. The normalized spacial score (nSPS) is 10.6. The fraction of sp³-hybridized carbons (Fsp3) is 0.300. The van der Waals surface area contributed by atoms with Crippen molar-refractivity contribution in [2.45, 2.75) is 33.4 Å². The van der Waals surface area contributed by atoms with E-state index in [1.54, 1.807) is 12.1 Å². The summed E-state index contributed by atoms with van der Waals surface area (Å²) in [4.78, 5) is 24.0. The third-order valence-electron chi connectivity index (χ3n) is 3.71. The fourth-order valence-electron chi connectivity index (χ4n) is 2.42. The summed E-state index contributed by atoms with van der Waals surface area (Å²) in [5, 5.41) is 5.76. The van der Waals surface area contributed by atoms with E-state index in [1.165, 1.54) is 0 Å². The van der Waals surface area contributed by atoms with Crippen molar-refractivity contribution >= 4 is 17.5 Å². The molecule has 0 fully saturated rings. The number of carbonyl (C=O) groups excluding carboxylic acids is 2. The molecule has 0 radical (unpaired) electrons. The Hall–Kier alpha value is -2.66. The van der Waals surface area contributed by atoms with Gasteiger partial charge in [-0.15, -0.1) is 0 Å². The lowest BCUT2D eigenvalue weighted by Gasteiger charge is -2.10. The van der Waals surface area contributed by atoms with Crippen molar-refractivity contribution in [2.24, 2.45) is 11.7 Å². The van der Waals surface area contributed by atoms with E-state index in [2.05, 4.69) is 10.6 Å². The van der Waals surface area contributed by atoms with Crippen molar-refractivity contribution < 1.29 is 9.59 Å². The standard InChI is InChI=1S/C20H25N3O2/c1-14(2)10-19(24)23-18-5-3-4-16(11-18)13-22-20(25)17-8-6-15(12-21)7-9-17/h3-9,11,14H,10,12-13,21H2,1-2H3,(H,22,25)(H,23,24). The molecule has 5 heteroatoms. The van der Waals surface area contributed by atoms with Crippen LogP contribution in [0.3, 0.4) is 0 Å². The molecule has 0 aliphatic rings. The van der Waals surface area contributed by atoms with Crippen LogP contribution in [0.15, 0.2) is 48.5 Å². The predicted molar refractivity (Wildman–Crippen MR) is 100 cm³/mol. The van der Waals surface area contributed by atoms with Crippen molar-refractivity contribution in [1.29, 1.82) is 0 Å². The Morgan fingerprint density at radius 3 is 2.40 bits per heavy atom. The molecule has 132 valence electrons. The maximum Gasteiger partial charge on any atom is 0.251 e. The van der Waals surface area contributed by atoms with Gasteiger partial charge < -0.3 is 16.4 Å². The predicted octanol–water partition coefficient (Wildman–Crippen LogP) is 3.06. The Bertz CT molecular complexity index is 724. The van der Waals surface area contributed by atoms with Crippen LogP contribution in [0.4, 0.5) is 5.69 Å². The van der Waals surface area contributed by atoms with Crippen molar-refractivity contribution in [2.75, 3.05) is 5.32 Å². The zero-order chi connectivity index (χ0) is 18.2. The number of carbonyl (C=O) groups is 2. The number of rotatable bonds is 7. The Balaban J connectivity index is 1.92. The topological polar surface area (TPSA) is 84.2 Å². The number of hydrogen-bond acceptors (Lipinski definition) is 3. The molecule has 0 unspecified atom stereocenters. The second-order valence-corrected chi connectivity index (χ2v) is 6.43. The quantitative estimate of drug-likeness (QED) is 0.725. The van der Waals surface area contributed by atoms with Gasteiger partial charge in [0.2, 0.25) is 5.91 Å². The number of amides is 2. The number of anilines is 1. The smallest absolute Gasteiger partial charge is 0.251 e. The molecule has 0 aromatic heterocycles. The van der Waals surface area contributed by atoms with Gasteiger partial charge in [0.15, 0.2) is 0 Å². The molecule has 0 atom stereocenters. The lowest BCUT2D eigenvalue weighted by atomic mass is 10.1. The first-order chi connectivity index (χ1) is 12.0. The lowest BCUT2D eigenvalue weighted by Crippen LogP contribution is -2.23. The summed E-state index contributed by atoms with van der Waals surface area (Å²) < 4.78 is 0. The Morgan fingerprint density at radius 1 is 1.04 bits per heavy atom. The molecule has 2 aromatic rings. The zero-order valence-electron chi connectivity index (χ0n) is 14.7. The van der Waals surface area contributed by atoms with Gasteiger partial charge in [-0.3, -0.25) is 9.59 Å². The van der Waals surface area contributed by atoms with Gasteiger partial charge in [0.25, 0.3) is 5.91 Å². The maximum absolute atomic E-state index is 12.2. The molecule has 0 aliphatic carbocycles. The van der Waals surface area contributed by atoms with E-state index in [0.717, 1.165) is 16.8 Å². The van der Waals surface area contributed by atoms with E-state index >= 15 is 0 Å². The molecule has 0 spiro atoms. The van der Waals surface area contributed by atoms with E-state index in [1.807, 2.05) is 50.2 Å². The molecule has 0 saturated carbocycles. The highest BCUT2D eigenvalue weighted by Crippen LogP contribution is 2.12. The van der Waals surface area contributed by atoms with Gasteiger partial charge in [0.1, 0.15) is 0 Å². The molecule has 25 heavy (non-hydrogen) atoms. The molecule has 0 heterocycles. The monoisotopic (exact) mass is 339 g/mol. The molecule has 0 saturated heterocycles. The van der Waals surface area contributed by atoms with Gasteiger partial charge in [-0.25, -0.2) is 0 Å². The van der Waals surface area contributed by atoms with Crippen LogP contribution in [0.2, 0.25) is 0 Å². The third-order valence-corrected chi connectivity index (χ3v) is 3.71. The van der Waals surface area contributed by atoms with Crippen molar-refractivity contribution in [3.05, 3.63) is 65.2 Å². The molecule has 2 amide bonds. The summed E-state index contributed by atoms with van der Waals surface area (Å²) in [5.41, 5.74) is 8.80. The highest BCUT2D eigenvalue weighted by Gasteiger charge is 2.07.